The minimum Gasteiger partial charge on any atom is -0.383 e. The fraction of sp³-hybridized carbons (Fsp3) is 0.381. The van der Waals surface area contributed by atoms with E-state index >= 15 is 0 Å². The van der Waals surface area contributed by atoms with Crippen LogP contribution in [0.5, 0.6) is 0 Å². The van der Waals surface area contributed by atoms with Crippen LogP contribution in [0, 0.1) is 12.3 Å². The highest BCUT2D eigenvalue weighted by atomic mass is 31.2. The zero-order valence-corrected chi connectivity index (χ0v) is 19.3. The van der Waals surface area contributed by atoms with E-state index in [0.29, 0.717) is 10.1 Å². The molecule has 10 nitrogen and oxygen atoms in total. The summed E-state index contributed by atoms with van der Waals surface area (Å²) in [5.41, 5.74) is 3.42. The summed E-state index contributed by atoms with van der Waals surface area (Å²) in [5, 5.41) is 2.34. The molecule has 0 radical (unpaired) electrons. The SMILES string of the molecule is C#CCn1c(=O)c(NC(=O)CCc2ccc(C(F)(F)F)cc2)c(N)n(CCCCP(=O)(O)O)c1=O. The molecule has 0 aliphatic heterocycles. The van der Waals surface area contributed by atoms with Crippen LogP contribution in [0.2, 0.25) is 0 Å². The van der Waals surface area contributed by atoms with E-state index in [1.807, 2.05) is 0 Å². The van der Waals surface area contributed by atoms with Gasteiger partial charge in [-0.3, -0.25) is 18.7 Å². The number of aryl methyl sites for hydroxylation is 1. The molecule has 1 heterocycles. The Morgan fingerprint density at radius 2 is 1.77 bits per heavy atom. The van der Waals surface area contributed by atoms with Crippen molar-refractivity contribution in [2.75, 3.05) is 17.2 Å². The van der Waals surface area contributed by atoms with E-state index in [1.54, 1.807) is 0 Å². The van der Waals surface area contributed by atoms with Crippen LogP contribution >= 0.6 is 7.60 Å². The summed E-state index contributed by atoms with van der Waals surface area (Å²) in [6.07, 6.45) is 0.431. The molecular formula is C21H24F3N4O6P. The number of aromatic nitrogens is 2. The Morgan fingerprint density at radius 1 is 1.14 bits per heavy atom. The van der Waals surface area contributed by atoms with Crippen LogP contribution < -0.4 is 22.3 Å². The normalized spacial score (nSPS) is 11.8. The summed E-state index contributed by atoms with van der Waals surface area (Å²) in [7, 11) is -4.22. The number of terminal acetylenes is 1. The molecule has 1 aromatic heterocycles. The van der Waals surface area contributed by atoms with Gasteiger partial charge in [0.05, 0.1) is 12.1 Å². The Kier molecular flexibility index (Phi) is 9.09. The Hall–Kier alpha value is -3.33. The lowest BCUT2D eigenvalue weighted by Gasteiger charge is -2.16. The highest BCUT2D eigenvalue weighted by Crippen LogP contribution is 2.35. The average molecular weight is 516 g/mol. The van der Waals surface area contributed by atoms with E-state index in [4.69, 9.17) is 21.9 Å². The molecule has 0 unspecified atom stereocenters. The zero-order chi connectivity index (χ0) is 26.4. The number of halogens is 3. The number of hydrogen-bond donors (Lipinski definition) is 4. The van der Waals surface area contributed by atoms with Gasteiger partial charge in [0, 0.05) is 19.1 Å². The lowest BCUT2D eigenvalue weighted by atomic mass is 10.1. The van der Waals surface area contributed by atoms with Crippen molar-refractivity contribution in [1.82, 2.24) is 9.13 Å². The van der Waals surface area contributed by atoms with Crippen molar-refractivity contribution >= 4 is 25.0 Å². The minimum atomic E-state index is -4.48. The summed E-state index contributed by atoms with van der Waals surface area (Å²) in [6, 6.07) is 4.27. The molecule has 0 aliphatic rings. The lowest BCUT2D eigenvalue weighted by Crippen LogP contribution is -2.42. The Labute approximate surface area is 197 Å². The molecule has 35 heavy (non-hydrogen) atoms. The van der Waals surface area contributed by atoms with Gasteiger partial charge in [0.1, 0.15) is 11.5 Å². The molecular weight excluding hydrogens is 492 g/mol. The van der Waals surface area contributed by atoms with Crippen molar-refractivity contribution in [3.8, 4) is 12.3 Å². The van der Waals surface area contributed by atoms with Gasteiger partial charge >= 0.3 is 19.5 Å². The second-order valence-corrected chi connectivity index (χ2v) is 9.40. The van der Waals surface area contributed by atoms with Crippen LogP contribution in [0.3, 0.4) is 0 Å². The topological polar surface area (TPSA) is 157 Å². The van der Waals surface area contributed by atoms with Crippen molar-refractivity contribution < 1.29 is 32.3 Å². The molecule has 0 bridgehead atoms. The molecule has 0 aliphatic carbocycles. The average Bonchev–Trinajstić information content (AvgIpc) is 2.76. The first-order valence-corrected chi connectivity index (χ1v) is 12.1. The number of benzene rings is 1. The fourth-order valence-electron chi connectivity index (χ4n) is 3.19. The first-order valence-electron chi connectivity index (χ1n) is 10.3. The van der Waals surface area contributed by atoms with E-state index < -0.39 is 54.9 Å². The second kappa shape index (κ2) is 11.4. The molecule has 0 saturated heterocycles. The molecule has 0 atom stereocenters. The number of nitrogens with two attached hydrogens (primary N) is 1. The molecule has 5 N–H and O–H groups in total. The van der Waals surface area contributed by atoms with E-state index in [-0.39, 0.29) is 38.0 Å². The van der Waals surface area contributed by atoms with E-state index in [0.717, 1.165) is 16.7 Å². The third-order valence-corrected chi connectivity index (χ3v) is 5.88. The molecule has 0 fully saturated rings. The maximum Gasteiger partial charge on any atom is 0.416 e. The van der Waals surface area contributed by atoms with Crippen LogP contribution in [0.25, 0.3) is 0 Å². The fourth-order valence-corrected chi connectivity index (χ4v) is 3.82. The summed E-state index contributed by atoms with van der Waals surface area (Å²) in [4.78, 5) is 55.7. The van der Waals surface area contributed by atoms with E-state index in [1.165, 1.54) is 12.1 Å². The standard InChI is InChI=1S/C21H24F3N4O6P/c1-2-11-28-19(30)17(18(25)27(20(28)31)12-3-4-13-35(32,33)34)26-16(29)10-7-14-5-8-15(9-6-14)21(22,23)24/h1,5-6,8-9H,3-4,7,10-13,25H2,(H,26,29)(H2,32,33,34). The predicted molar refractivity (Wildman–Crippen MR) is 123 cm³/mol. The molecule has 0 spiro atoms. The smallest absolute Gasteiger partial charge is 0.383 e. The minimum absolute atomic E-state index is 0.0687. The van der Waals surface area contributed by atoms with Crippen LogP contribution in [0.1, 0.15) is 30.4 Å². The Bertz CT molecular complexity index is 1270. The molecule has 1 amide bonds. The third-order valence-electron chi connectivity index (χ3n) is 4.98. The number of amides is 1. The number of nitrogen functional groups attached to an aromatic ring is 1. The van der Waals surface area contributed by atoms with Crippen LogP contribution in [-0.2, 0) is 35.0 Å². The first kappa shape index (κ1) is 27.9. The number of nitrogens with zero attached hydrogens (tertiary/aromatic N) is 2. The van der Waals surface area contributed by atoms with Gasteiger partial charge in [0.25, 0.3) is 5.56 Å². The Balaban J connectivity index is 2.20. The number of hydrogen-bond acceptors (Lipinski definition) is 5. The number of unbranched alkanes of at least 4 members (excludes halogenated alkanes) is 1. The van der Waals surface area contributed by atoms with Gasteiger partial charge in [-0.25, -0.2) is 9.36 Å². The summed E-state index contributed by atoms with van der Waals surface area (Å²) >= 11 is 0. The van der Waals surface area contributed by atoms with E-state index in [9.17, 15) is 32.1 Å². The monoisotopic (exact) mass is 516 g/mol. The van der Waals surface area contributed by atoms with Crippen molar-refractivity contribution in [2.45, 2.75) is 44.9 Å². The second-order valence-electron chi connectivity index (χ2n) is 7.63. The van der Waals surface area contributed by atoms with Gasteiger partial charge in [0.15, 0.2) is 0 Å². The molecule has 1 aromatic carbocycles. The van der Waals surface area contributed by atoms with Crippen molar-refractivity contribution in [3.63, 3.8) is 0 Å². The highest BCUT2D eigenvalue weighted by molar-refractivity contribution is 7.51. The van der Waals surface area contributed by atoms with E-state index in [2.05, 4.69) is 11.2 Å². The quantitative estimate of drug-likeness (QED) is 0.213. The predicted octanol–water partition coefficient (Wildman–Crippen LogP) is 1.77. The zero-order valence-electron chi connectivity index (χ0n) is 18.4. The van der Waals surface area contributed by atoms with Crippen LogP contribution in [0.15, 0.2) is 33.9 Å². The summed E-state index contributed by atoms with van der Waals surface area (Å²) in [5.74, 6) is 1.13. The Morgan fingerprint density at radius 3 is 2.31 bits per heavy atom. The summed E-state index contributed by atoms with van der Waals surface area (Å²) in [6.45, 7) is -0.501. The number of nitrogens with one attached hydrogen (secondary N) is 1. The molecule has 0 saturated carbocycles. The van der Waals surface area contributed by atoms with Crippen molar-refractivity contribution in [3.05, 3.63) is 56.2 Å². The third kappa shape index (κ3) is 7.85. The largest absolute Gasteiger partial charge is 0.416 e. The number of alkyl halides is 3. The molecule has 14 heteroatoms. The van der Waals surface area contributed by atoms with Gasteiger partial charge < -0.3 is 20.8 Å². The van der Waals surface area contributed by atoms with Gasteiger partial charge in [-0.15, -0.1) is 6.42 Å². The maximum atomic E-state index is 12.7. The van der Waals surface area contributed by atoms with Crippen LogP contribution in [-0.4, -0.2) is 31.0 Å². The van der Waals surface area contributed by atoms with Gasteiger partial charge in [-0.05, 0) is 37.0 Å². The molecule has 2 aromatic rings. The van der Waals surface area contributed by atoms with Gasteiger partial charge in [-0.2, -0.15) is 13.2 Å². The number of carbonyl (C=O) groups excluding carboxylic acids is 1. The number of carbonyl (C=O) groups is 1. The number of anilines is 2. The van der Waals surface area contributed by atoms with Gasteiger partial charge in [0.2, 0.25) is 5.91 Å². The van der Waals surface area contributed by atoms with Crippen molar-refractivity contribution in [1.29, 1.82) is 0 Å². The van der Waals surface area contributed by atoms with Crippen LogP contribution in [0.4, 0.5) is 24.7 Å². The maximum absolute atomic E-state index is 12.7. The van der Waals surface area contributed by atoms with Gasteiger partial charge in [-0.1, -0.05) is 18.1 Å². The molecule has 190 valence electrons. The van der Waals surface area contributed by atoms with Crippen molar-refractivity contribution in [2.24, 2.45) is 0 Å². The number of rotatable bonds is 10. The summed E-state index contributed by atoms with van der Waals surface area (Å²) < 4.78 is 50.7. The molecule has 2 rings (SSSR count). The first-order chi connectivity index (χ1) is 16.2. The highest BCUT2D eigenvalue weighted by Gasteiger charge is 2.30. The lowest BCUT2D eigenvalue weighted by molar-refractivity contribution is -0.137.